The van der Waals surface area contributed by atoms with Gasteiger partial charge in [-0.05, 0) is 45.1 Å². The minimum absolute atomic E-state index is 0.0233. The topological polar surface area (TPSA) is 43.8 Å². The molecule has 4 nitrogen and oxygen atoms in total. The van der Waals surface area contributed by atoms with Gasteiger partial charge in [0, 0.05) is 31.7 Å². The number of benzene rings is 1. The Kier molecular flexibility index (Phi) is 6.39. The number of hydrogen-bond acceptors (Lipinski definition) is 4. The monoisotopic (exact) mass is 372 g/mol. The Hall–Kier alpha value is -1.23. The molecule has 1 aliphatic heterocycles. The van der Waals surface area contributed by atoms with Crippen molar-refractivity contribution < 1.29 is 9.90 Å². The SMILES string of the molecule is CC(C)(C)N1CCN(CC(=O)C(O)(c2ccccc2)C2CCCCC2)CC1. The molecule has 1 aliphatic carbocycles. The van der Waals surface area contributed by atoms with Crippen LogP contribution in [0.25, 0.3) is 0 Å². The molecule has 1 N–H and O–H groups in total. The van der Waals surface area contributed by atoms with E-state index < -0.39 is 5.60 Å². The molecule has 2 aliphatic rings. The molecular formula is C23H36N2O2. The highest BCUT2D eigenvalue weighted by molar-refractivity contribution is 5.90. The maximum Gasteiger partial charge on any atom is 0.183 e. The molecule has 4 heteroatoms. The fraction of sp³-hybridized carbons (Fsp3) is 0.696. The fourth-order valence-corrected chi connectivity index (χ4v) is 4.74. The zero-order valence-corrected chi connectivity index (χ0v) is 17.3. The molecule has 0 aromatic heterocycles. The first-order valence-electron chi connectivity index (χ1n) is 10.6. The summed E-state index contributed by atoms with van der Waals surface area (Å²) in [4.78, 5) is 18.1. The molecule has 1 heterocycles. The van der Waals surface area contributed by atoms with Gasteiger partial charge in [-0.2, -0.15) is 0 Å². The van der Waals surface area contributed by atoms with Gasteiger partial charge in [-0.15, -0.1) is 0 Å². The number of Topliss-reactive ketones (excluding diaryl/α,β-unsaturated/α-hetero) is 1. The van der Waals surface area contributed by atoms with Crippen LogP contribution in [0.5, 0.6) is 0 Å². The van der Waals surface area contributed by atoms with Gasteiger partial charge in [-0.3, -0.25) is 14.6 Å². The summed E-state index contributed by atoms with van der Waals surface area (Å²) in [6, 6.07) is 9.64. The molecule has 1 aromatic carbocycles. The summed E-state index contributed by atoms with van der Waals surface area (Å²) in [5.74, 6) is 0.0156. The Morgan fingerprint density at radius 3 is 2.15 bits per heavy atom. The Morgan fingerprint density at radius 1 is 1.00 bits per heavy atom. The first-order valence-corrected chi connectivity index (χ1v) is 10.6. The highest BCUT2D eigenvalue weighted by Crippen LogP contribution is 2.40. The molecule has 0 spiro atoms. The minimum atomic E-state index is -1.34. The lowest BCUT2D eigenvalue weighted by molar-refractivity contribution is -0.148. The van der Waals surface area contributed by atoms with Crippen LogP contribution in [0, 0.1) is 5.92 Å². The third-order valence-electron chi connectivity index (χ3n) is 6.52. The molecule has 1 saturated carbocycles. The summed E-state index contributed by atoms with van der Waals surface area (Å²) < 4.78 is 0. The predicted octanol–water partition coefficient (Wildman–Crippen LogP) is 3.44. The van der Waals surface area contributed by atoms with Gasteiger partial charge in [0.2, 0.25) is 0 Å². The summed E-state index contributed by atoms with van der Waals surface area (Å²) in [6.07, 6.45) is 5.31. The average molecular weight is 373 g/mol. The molecule has 150 valence electrons. The molecule has 2 fully saturated rings. The van der Waals surface area contributed by atoms with Crippen molar-refractivity contribution in [1.82, 2.24) is 9.80 Å². The van der Waals surface area contributed by atoms with Gasteiger partial charge in [0.15, 0.2) is 11.4 Å². The van der Waals surface area contributed by atoms with Crippen molar-refractivity contribution in [2.75, 3.05) is 32.7 Å². The molecule has 1 unspecified atom stereocenters. The van der Waals surface area contributed by atoms with Crippen molar-refractivity contribution in [2.24, 2.45) is 5.92 Å². The Labute approximate surface area is 164 Å². The van der Waals surface area contributed by atoms with Gasteiger partial charge in [0.05, 0.1) is 6.54 Å². The molecular weight excluding hydrogens is 336 g/mol. The number of rotatable bonds is 5. The maximum atomic E-state index is 13.4. The zero-order valence-electron chi connectivity index (χ0n) is 17.3. The van der Waals surface area contributed by atoms with Gasteiger partial charge >= 0.3 is 0 Å². The van der Waals surface area contributed by atoms with Crippen molar-refractivity contribution in [3.63, 3.8) is 0 Å². The van der Waals surface area contributed by atoms with Crippen molar-refractivity contribution in [1.29, 1.82) is 0 Å². The number of piperazine rings is 1. The second-order valence-electron chi connectivity index (χ2n) is 9.32. The van der Waals surface area contributed by atoms with Gasteiger partial charge in [-0.1, -0.05) is 49.6 Å². The van der Waals surface area contributed by atoms with Crippen LogP contribution in [0.2, 0.25) is 0 Å². The molecule has 0 bridgehead atoms. The summed E-state index contributed by atoms with van der Waals surface area (Å²) in [7, 11) is 0. The van der Waals surface area contributed by atoms with Crippen LogP contribution in [0.1, 0.15) is 58.4 Å². The van der Waals surface area contributed by atoms with E-state index in [9.17, 15) is 9.90 Å². The normalized spacial score (nSPS) is 23.1. The number of hydrogen-bond donors (Lipinski definition) is 1. The van der Waals surface area contributed by atoms with Crippen molar-refractivity contribution in [3.8, 4) is 0 Å². The van der Waals surface area contributed by atoms with E-state index in [1.165, 1.54) is 6.42 Å². The van der Waals surface area contributed by atoms with E-state index in [0.717, 1.165) is 57.4 Å². The second-order valence-corrected chi connectivity index (χ2v) is 9.32. The standard InChI is InChI=1S/C23H36N2O2/c1-22(2,3)25-16-14-24(15-17-25)18-21(26)23(27,19-10-6-4-7-11-19)20-12-8-5-9-13-20/h4,6-7,10-11,20,27H,5,8-9,12-18H2,1-3H3. The Balaban J connectivity index is 1.72. The first kappa shape index (κ1) is 20.5. The van der Waals surface area contributed by atoms with Crippen LogP contribution in [0.15, 0.2) is 30.3 Å². The largest absolute Gasteiger partial charge is 0.377 e. The quantitative estimate of drug-likeness (QED) is 0.860. The highest BCUT2D eigenvalue weighted by atomic mass is 16.3. The van der Waals surface area contributed by atoms with E-state index in [4.69, 9.17) is 0 Å². The third-order valence-corrected chi connectivity index (χ3v) is 6.52. The van der Waals surface area contributed by atoms with Crippen LogP contribution < -0.4 is 0 Å². The summed E-state index contributed by atoms with van der Waals surface area (Å²) in [6.45, 7) is 10.8. The van der Waals surface area contributed by atoms with Gasteiger partial charge < -0.3 is 5.11 Å². The number of nitrogens with zero attached hydrogens (tertiary/aromatic N) is 2. The first-order chi connectivity index (χ1) is 12.8. The summed E-state index contributed by atoms with van der Waals surface area (Å²) >= 11 is 0. The maximum absolute atomic E-state index is 13.4. The van der Waals surface area contributed by atoms with Crippen LogP contribution in [-0.4, -0.2) is 59.0 Å². The van der Waals surface area contributed by atoms with Gasteiger partial charge in [-0.25, -0.2) is 0 Å². The highest BCUT2D eigenvalue weighted by Gasteiger charge is 2.45. The Morgan fingerprint density at radius 2 is 1.59 bits per heavy atom. The minimum Gasteiger partial charge on any atom is -0.377 e. The summed E-state index contributed by atoms with van der Waals surface area (Å²) in [5.41, 5.74) is -0.401. The van der Waals surface area contributed by atoms with E-state index in [0.29, 0.717) is 6.54 Å². The van der Waals surface area contributed by atoms with Crippen molar-refractivity contribution in [2.45, 2.75) is 64.0 Å². The van der Waals surface area contributed by atoms with E-state index in [-0.39, 0.29) is 17.2 Å². The fourth-order valence-electron chi connectivity index (χ4n) is 4.74. The average Bonchev–Trinajstić information content (AvgIpc) is 2.68. The van der Waals surface area contributed by atoms with Crippen molar-refractivity contribution in [3.05, 3.63) is 35.9 Å². The molecule has 1 atom stereocenters. The number of carbonyl (C=O) groups is 1. The molecule has 0 amide bonds. The summed E-state index contributed by atoms with van der Waals surface area (Å²) in [5, 5.41) is 11.7. The van der Waals surface area contributed by atoms with E-state index in [2.05, 4.69) is 30.6 Å². The smallest absolute Gasteiger partial charge is 0.183 e. The van der Waals surface area contributed by atoms with Gasteiger partial charge in [0.1, 0.15) is 0 Å². The number of carbonyl (C=O) groups excluding carboxylic acids is 1. The second kappa shape index (κ2) is 8.42. The van der Waals surface area contributed by atoms with Crippen LogP contribution in [-0.2, 0) is 10.4 Å². The molecule has 27 heavy (non-hydrogen) atoms. The lowest BCUT2D eigenvalue weighted by Crippen LogP contribution is -2.56. The molecule has 3 rings (SSSR count). The van der Waals surface area contributed by atoms with Gasteiger partial charge in [0.25, 0.3) is 0 Å². The van der Waals surface area contributed by atoms with E-state index in [1.54, 1.807) is 0 Å². The predicted molar refractivity (Wildman–Crippen MR) is 110 cm³/mol. The van der Waals surface area contributed by atoms with Crippen LogP contribution in [0.3, 0.4) is 0 Å². The van der Waals surface area contributed by atoms with E-state index in [1.807, 2.05) is 30.3 Å². The Bertz CT molecular complexity index is 611. The molecule has 0 radical (unpaired) electrons. The lowest BCUT2D eigenvalue weighted by atomic mass is 9.71. The zero-order chi connectivity index (χ0) is 19.5. The van der Waals surface area contributed by atoms with E-state index >= 15 is 0 Å². The lowest BCUT2D eigenvalue weighted by Gasteiger charge is -2.43. The number of ketones is 1. The van der Waals surface area contributed by atoms with Crippen LogP contribution in [0.4, 0.5) is 0 Å². The number of aliphatic hydroxyl groups is 1. The van der Waals surface area contributed by atoms with Crippen LogP contribution >= 0.6 is 0 Å². The molecule has 1 aromatic rings. The third kappa shape index (κ3) is 4.61. The van der Waals surface area contributed by atoms with Crippen molar-refractivity contribution >= 4 is 5.78 Å². The molecule has 1 saturated heterocycles.